The van der Waals surface area contributed by atoms with Gasteiger partial charge in [-0.1, -0.05) is 36.9 Å². The zero-order chi connectivity index (χ0) is 23.8. The number of rotatable bonds is 6. The third-order valence-electron chi connectivity index (χ3n) is 6.13. The van der Waals surface area contributed by atoms with Crippen LogP contribution in [0.15, 0.2) is 56.4 Å². The molecule has 0 fully saturated rings. The normalized spacial score (nSPS) is 12.8. The zero-order valence-corrected chi connectivity index (χ0v) is 20.6. The topological polar surface area (TPSA) is 86.0 Å². The Bertz CT molecular complexity index is 1520. The number of hydrogen-bond donors (Lipinski definition) is 1. The predicted octanol–water partition coefficient (Wildman–Crippen LogP) is 4.02. The van der Waals surface area contributed by atoms with Crippen LogP contribution in [0.2, 0.25) is 0 Å². The lowest BCUT2D eigenvalue weighted by atomic mass is 10.1. The van der Waals surface area contributed by atoms with Crippen LogP contribution in [0.3, 0.4) is 0 Å². The number of carbonyl (C=O) groups excluding carboxylic acids is 1. The number of nitrogens with zero attached hydrogens (tertiary/aromatic N) is 3. The Balaban J connectivity index is 1.56. The number of fused-ring (bicyclic) bond motifs is 2. The third-order valence-corrected chi connectivity index (χ3v) is 8.14. The van der Waals surface area contributed by atoms with Crippen LogP contribution < -0.4 is 16.6 Å². The van der Waals surface area contributed by atoms with E-state index in [1.165, 1.54) is 38.8 Å². The first-order valence-corrected chi connectivity index (χ1v) is 13.2. The first-order valence-electron chi connectivity index (χ1n) is 11.2. The Morgan fingerprint density at radius 2 is 1.88 bits per heavy atom. The van der Waals surface area contributed by atoms with Crippen LogP contribution in [0.4, 0.5) is 5.69 Å². The Morgan fingerprint density at radius 1 is 1.12 bits per heavy atom. The van der Waals surface area contributed by atoms with Crippen LogP contribution >= 0.6 is 23.1 Å². The molecule has 1 aliphatic rings. The van der Waals surface area contributed by atoms with Crippen molar-refractivity contribution in [1.82, 2.24) is 14.1 Å². The predicted molar refractivity (Wildman–Crippen MR) is 138 cm³/mol. The highest BCUT2D eigenvalue weighted by molar-refractivity contribution is 8.00. The van der Waals surface area contributed by atoms with Crippen LogP contribution in [-0.2, 0) is 30.6 Å². The van der Waals surface area contributed by atoms with Gasteiger partial charge in [-0.15, -0.1) is 11.3 Å². The van der Waals surface area contributed by atoms with Gasteiger partial charge in [0.1, 0.15) is 11.2 Å². The first kappa shape index (κ1) is 22.6. The number of anilines is 1. The second kappa shape index (κ2) is 9.23. The van der Waals surface area contributed by atoms with Crippen molar-refractivity contribution in [3.05, 3.63) is 80.0 Å². The molecule has 0 radical (unpaired) electrons. The number of nitrogens with one attached hydrogen (secondary N) is 1. The summed E-state index contributed by atoms with van der Waals surface area (Å²) in [6.07, 6.45) is 5.93. The van der Waals surface area contributed by atoms with E-state index in [0.29, 0.717) is 20.4 Å². The maximum absolute atomic E-state index is 13.5. The molecule has 0 saturated carbocycles. The molecule has 2 heterocycles. The van der Waals surface area contributed by atoms with Gasteiger partial charge >= 0.3 is 5.69 Å². The summed E-state index contributed by atoms with van der Waals surface area (Å²) < 4.78 is 3.45. The molecule has 34 heavy (non-hydrogen) atoms. The monoisotopic (exact) mass is 492 g/mol. The van der Waals surface area contributed by atoms with Gasteiger partial charge in [-0.25, -0.2) is 14.3 Å². The molecule has 0 bridgehead atoms. The number of thioether (sulfide) groups is 1. The minimum atomic E-state index is -0.580. The minimum Gasteiger partial charge on any atom is -0.325 e. The van der Waals surface area contributed by atoms with Gasteiger partial charge in [-0.3, -0.25) is 14.2 Å². The molecule has 2 aromatic heterocycles. The molecule has 0 atom stereocenters. The Morgan fingerprint density at radius 3 is 2.62 bits per heavy atom. The number of aryl methyl sites for hydroxylation is 3. The van der Waals surface area contributed by atoms with E-state index in [4.69, 9.17) is 0 Å². The molecular weight excluding hydrogens is 468 g/mol. The maximum atomic E-state index is 13.5. The first-order chi connectivity index (χ1) is 16.5. The van der Waals surface area contributed by atoms with Gasteiger partial charge in [-0.2, -0.15) is 0 Å². The molecule has 174 valence electrons. The fourth-order valence-corrected chi connectivity index (χ4v) is 5.84. The van der Waals surface area contributed by atoms with Crippen LogP contribution in [0.25, 0.3) is 16.0 Å². The molecule has 4 aromatic rings. The van der Waals surface area contributed by atoms with Gasteiger partial charge < -0.3 is 5.32 Å². The molecule has 1 N–H and O–H groups in total. The molecule has 0 spiro atoms. The van der Waals surface area contributed by atoms with Crippen LogP contribution in [0.5, 0.6) is 0 Å². The lowest BCUT2D eigenvalue weighted by Crippen LogP contribution is -2.40. The van der Waals surface area contributed by atoms with Gasteiger partial charge in [0.25, 0.3) is 5.56 Å². The lowest BCUT2D eigenvalue weighted by molar-refractivity contribution is -0.116. The van der Waals surface area contributed by atoms with Crippen LogP contribution in [-0.4, -0.2) is 26.3 Å². The number of aromatic nitrogens is 3. The zero-order valence-electron chi connectivity index (χ0n) is 19.0. The highest BCUT2D eigenvalue weighted by Gasteiger charge is 2.21. The summed E-state index contributed by atoms with van der Waals surface area (Å²) in [4.78, 5) is 44.2. The van der Waals surface area contributed by atoms with E-state index in [0.717, 1.165) is 35.8 Å². The molecule has 5 rings (SSSR count). The molecule has 9 heteroatoms. The van der Waals surface area contributed by atoms with Gasteiger partial charge in [0.2, 0.25) is 5.91 Å². The van der Waals surface area contributed by atoms with Crippen molar-refractivity contribution in [3.63, 3.8) is 0 Å². The van der Waals surface area contributed by atoms with Gasteiger partial charge in [-0.05, 0) is 72.9 Å². The average Bonchev–Trinajstić information content (AvgIpc) is 3.49. The molecule has 2 aromatic carbocycles. The van der Waals surface area contributed by atoms with E-state index in [2.05, 4.69) is 10.3 Å². The van der Waals surface area contributed by atoms with E-state index in [1.54, 1.807) is 12.1 Å². The quantitative estimate of drug-likeness (QED) is 0.411. The summed E-state index contributed by atoms with van der Waals surface area (Å²) in [5.41, 5.74) is 4.11. The third kappa shape index (κ3) is 4.10. The van der Waals surface area contributed by atoms with Crippen molar-refractivity contribution in [2.75, 3.05) is 11.6 Å². The molecule has 1 aliphatic carbocycles. The lowest BCUT2D eigenvalue weighted by Gasteiger charge is -2.12. The van der Waals surface area contributed by atoms with Crippen molar-refractivity contribution >= 4 is 45.0 Å². The van der Waals surface area contributed by atoms with Gasteiger partial charge in [0, 0.05) is 5.69 Å². The van der Waals surface area contributed by atoms with E-state index in [-0.39, 0.29) is 18.1 Å². The van der Waals surface area contributed by atoms with Crippen molar-refractivity contribution in [3.8, 4) is 5.69 Å². The molecule has 0 unspecified atom stereocenters. The van der Waals surface area contributed by atoms with Gasteiger partial charge in [0.15, 0.2) is 9.99 Å². The Labute approximate surface area is 204 Å². The smallest absolute Gasteiger partial charge is 0.325 e. The molecule has 0 saturated heterocycles. The molecule has 7 nitrogen and oxygen atoms in total. The van der Waals surface area contributed by atoms with E-state index < -0.39 is 11.2 Å². The number of amides is 1. The number of carbonyl (C=O) groups is 1. The second-order valence-electron chi connectivity index (χ2n) is 8.25. The fourth-order valence-electron chi connectivity index (χ4n) is 4.35. The minimum absolute atomic E-state index is 0.239. The summed E-state index contributed by atoms with van der Waals surface area (Å²) in [5, 5.41) is 2.91. The Hall–Kier alpha value is -3.17. The average molecular weight is 493 g/mol. The maximum Gasteiger partial charge on any atom is 0.337 e. The van der Waals surface area contributed by atoms with Crippen molar-refractivity contribution in [2.45, 2.75) is 43.5 Å². The highest BCUT2D eigenvalue weighted by Crippen LogP contribution is 2.26. The van der Waals surface area contributed by atoms with Crippen molar-refractivity contribution < 1.29 is 4.79 Å². The van der Waals surface area contributed by atoms with E-state index >= 15 is 0 Å². The summed E-state index contributed by atoms with van der Waals surface area (Å²) in [5.74, 6) is -0.341. The summed E-state index contributed by atoms with van der Waals surface area (Å²) >= 11 is 2.64. The molecular formula is C25H24N4O3S2. The van der Waals surface area contributed by atoms with Crippen molar-refractivity contribution in [2.24, 2.45) is 0 Å². The molecule has 1 amide bonds. The van der Waals surface area contributed by atoms with E-state index in [9.17, 15) is 14.4 Å². The number of thiazole rings is 1. The summed E-state index contributed by atoms with van der Waals surface area (Å²) in [6.45, 7) is 1.80. The standard InChI is InChI=1S/C25H24N4O3S2/c1-3-15-7-11-19(12-8-15)29-23(31)21-22(27-24(33-2)34-21)28(25(29)32)14-20(30)26-18-10-9-16-5-4-6-17(16)13-18/h7-13H,3-6,14H2,1-2H3,(H,26,30). The largest absolute Gasteiger partial charge is 0.337 e. The van der Waals surface area contributed by atoms with Crippen LogP contribution in [0, 0.1) is 0 Å². The number of benzene rings is 2. The van der Waals surface area contributed by atoms with Gasteiger partial charge in [0.05, 0.1) is 5.69 Å². The van der Waals surface area contributed by atoms with Crippen molar-refractivity contribution in [1.29, 1.82) is 0 Å². The Kier molecular flexibility index (Phi) is 6.14. The fraction of sp³-hybridized carbons (Fsp3) is 0.280. The van der Waals surface area contributed by atoms with Crippen LogP contribution in [0.1, 0.15) is 30.0 Å². The van der Waals surface area contributed by atoms with E-state index in [1.807, 2.05) is 43.5 Å². The SMILES string of the molecule is CCc1ccc(-n2c(=O)c3sc(SC)nc3n(CC(=O)Nc3ccc4c(c3)CCC4)c2=O)cc1. The summed E-state index contributed by atoms with van der Waals surface area (Å²) in [7, 11) is 0. The number of hydrogen-bond acceptors (Lipinski definition) is 6. The highest BCUT2D eigenvalue weighted by atomic mass is 32.2. The second-order valence-corrected chi connectivity index (χ2v) is 10.3. The summed E-state index contributed by atoms with van der Waals surface area (Å²) in [6, 6.07) is 13.3. The molecule has 0 aliphatic heterocycles.